The second kappa shape index (κ2) is 3.85. The van der Waals surface area contributed by atoms with E-state index >= 15 is 0 Å². The average molecular weight is 224 g/mol. The van der Waals surface area contributed by atoms with Gasteiger partial charge in [-0.25, -0.2) is 0 Å². The second-order valence-electron chi connectivity index (χ2n) is 4.04. The van der Waals surface area contributed by atoms with E-state index in [0.29, 0.717) is 16.5 Å². The third-order valence-corrected chi connectivity index (χ3v) is 4.25. The summed E-state index contributed by atoms with van der Waals surface area (Å²) in [4.78, 5) is 12.6. The highest BCUT2D eigenvalue weighted by atomic mass is 32.1. The topological polar surface area (TPSA) is 69.1 Å². The van der Waals surface area contributed by atoms with E-state index in [0.717, 1.165) is 24.8 Å². The molecule has 0 fully saturated rings. The number of carbonyl (C=O) groups is 1. The molecule has 1 aromatic heterocycles. The summed E-state index contributed by atoms with van der Waals surface area (Å²) in [5.41, 5.74) is 13.0. The number of nitrogens with two attached hydrogens (primary N) is 2. The maximum absolute atomic E-state index is 11.4. The predicted octanol–water partition coefficient (Wildman–Crippen LogP) is 2.26. The maximum atomic E-state index is 11.4. The van der Waals surface area contributed by atoms with Crippen LogP contribution in [0.1, 0.15) is 52.9 Å². The van der Waals surface area contributed by atoms with Gasteiger partial charge in [0, 0.05) is 4.88 Å². The average Bonchev–Trinajstić information content (AvgIpc) is 2.53. The number of thiophene rings is 1. The standard InChI is InChI=1S/C11H16N2OS/c1-2-6-4-3-5-7-8(6)9(10(12)14)11(13)15-7/h6H,2-5,13H2,1H3,(H2,12,14). The Bertz CT molecular complexity index is 398. The Morgan fingerprint density at radius 3 is 2.93 bits per heavy atom. The van der Waals surface area contributed by atoms with Gasteiger partial charge in [0.2, 0.25) is 0 Å². The molecule has 0 saturated heterocycles. The van der Waals surface area contributed by atoms with Crippen molar-refractivity contribution in [2.75, 3.05) is 5.73 Å². The molecule has 0 aromatic carbocycles. The molecular formula is C11H16N2OS. The lowest BCUT2D eigenvalue weighted by Crippen LogP contribution is -2.17. The number of hydrogen-bond donors (Lipinski definition) is 2. The van der Waals surface area contributed by atoms with Gasteiger partial charge in [-0.15, -0.1) is 11.3 Å². The lowest BCUT2D eigenvalue weighted by atomic mass is 9.83. The molecule has 0 aliphatic heterocycles. The highest BCUT2D eigenvalue weighted by Gasteiger charge is 2.28. The second-order valence-corrected chi connectivity index (χ2v) is 5.18. The van der Waals surface area contributed by atoms with Crippen LogP contribution >= 0.6 is 11.3 Å². The fourth-order valence-corrected chi connectivity index (χ4v) is 3.65. The Morgan fingerprint density at radius 2 is 2.33 bits per heavy atom. The number of anilines is 1. The SMILES string of the molecule is CCC1CCCc2sc(N)c(C(N)=O)c21. The zero-order chi connectivity index (χ0) is 11.0. The third-order valence-electron chi connectivity index (χ3n) is 3.15. The molecule has 2 rings (SSSR count). The Morgan fingerprint density at radius 1 is 1.60 bits per heavy atom. The van der Waals surface area contributed by atoms with Crippen molar-refractivity contribution in [3.8, 4) is 0 Å². The van der Waals surface area contributed by atoms with Crippen molar-refractivity contribution in [2.24, 2.45) is 5.73 Å². The molecule has 1 amide bonds. The molecule has 4 N–H and O–H groups in total. The van der Waals surface area contributed by atoms with E-state index in [9.17, 15) is 4.79 Å². The van der Waals surface area contributed by atoms with Crippen molar-refractivity contribution in [2.45, 2.75) is 38.5 Å². The van der Waals surface area contributed by atoms with Crippen LogP contribution in [0, 0.1) is 0 Å². The lowest BCUT2D eigenvalue weighted by Gasteiger charge is -2.22. The summed E-state index contributed by atoms with van der Waals surface area (Å²) in [5.74, 6) is 0.107. The first-order valence-corrected chi connectivity index (χ1v) is 6.17. The van der Waals surface area contributed by atoms with Gasteiger partial charge in [-0.05, 0) is 37.2 Å². The summed E-state index contributed by atoms with van der Waals surface area (Å²) in [6, 6.07) is 0. The van der Waals surface area contributed by atoms with Crippen molar-refractivity contribution in [3.63, 3.8) is 0 Å². The van der Waals surface area contributed by atoms with Crippen molar-refractivity contribution < 1.29 is 4.79 Å². The molecule has 15 heavy (non-hydrogen) atoms. The number of fused-ring (bicyclic) bond motifs is 1. The first kappa shape index (κ1) is 10.5. The molecule has 0 spiro atoms. The Balaban J connectivity index is 2.56. The van der Waals surface area contributed by atoms with E-state index in [1.54, 1.807) is 11.3 Å². The molecule has 1 heterocycles. The van der Waals surface area contributed by atoms with E-state index < -0.39 is 0 Å². The number of amides is 1. The van der Waals surface area contributed by atoms with Gasteiger partial charge in [-0.2, -0.15) is 0 Å². The highest BCUT2D eigenvalue weighted by Crippen LogP contribution is 2.43. The van der Waals surface area contributed by atoms with Crippen molar-refractivity contribution in [1.29, 1.82) is 0 Å². The minimum absolute atomic E-state index is 0.370. The van der Waals surface area contributed by atoms with Crippen LogP contribution < -0.4 is 11.5 Å². The van der Waals surface area contributed by atoms with Crippen LogP contribution in [-0.4, -0.2) is 5.91 Å². The number of primary amides is 1. The molecule has 4 heteroatoms. The minimum atomic E-state index is -0.370. The molecule has 3 nitrogen and oxygen atoms in total. The van der Waals surface area contributed by atoms with Crippen LogP contribution in [0.5, 0.6) is 0 Å². The van der Waals surface area contributed by atoms with Crippen LogP contribution in [0.4, 0.5) is 5.00 Å². The van der Waals surface area contributed by atoms with Crippen molar-refractivity contribution in [3.05, 3.63) is 16.0 Å². The predicted molar refractivity (Wildman–Crippen MR) is 63.2 cm³/mol. The summed E-state index contributed by atoms with van der Waals surface area (Å²) in [7, 11) is 0. The largest absolute Gasteiger partial charge is 0.390 e. The van der Waals surface area contributed by atoms with Gasteiger partial charge in [0.1, 0.15) is 0 Å². The van der Waals surface area contributed by atoms with Gasteiger partial charge < -0.3 is 11.5 Å². The van der Waals surface area contributed by atoms with Gasteiger partial charge in [0.05, 0.1) is 10.6 Å². The van der Waals surface area contributed by atoms with Crippen LogP contribution in [0.25, 0.3) is 0 Å². The summed E-state index contributed by atoms with van der Waals surface area (Å²) in [5, 5.41) is 0.604. The maximum Gasteiger partial charge on any atom is 0.251 e. The summed E-state index contributed by atoms with van der Waals surface area (Å²) >= 11 is 1.54. The van der Waals surface area contributed by atoms with Crippen molar-refractivity contribution in [1.82, 2.24) is 0 Å². The number of aryl methyl sites for hydroxylation is 1. The number of hydrogen-bond acceptors (Lipinski definition) is 3. The van der Waals surface area contributed by atoms with E-state index in [-0.39, 0.29) is 5.91 Å². The molecule has 82 valence electrons. The molecule has 0 radical (unpaired) electrons. The van der Waals surface area contributed by atoms with Gasteiger partial charge >= 0.3 is 0 Å². The Kier molecular flexibility index (Phi) is 2.69. The monoisotopic (exact) mass is 224 g/mol. The molecule has 1 aromatic rings. The quantitative estimate of drug-likeness (QED) is 0.809. The molecule has 1 aliphatic rings. The first-order chi connectivity index (χ1) is 7.15. The zero-order valence-electron chi connectivity index (χ0n) is 8.88. The molecule has 1 atom stereocenters. The zero-order valence-corrected chi connectivity index (χ0v) is 9.69. The normalized spacial score (nSPS) is 19.9. The Hall–Kier alpha value is -1.03. The first-order valence-electron chi connectivity index (χ1n) is 5.36. The Labute approximate surface area is 93.5 Å². The van der Waals surface area contributed by atoms with Crippen LogP contribution in [0.2, 0.25) is 0 Å². The van der Waals surface area contributed by atoms with E-state index in [1.165, 1.54) is 11.3 Å². The number of rotatable bonds is 2. The van der Waals surface area contributed by atoms with Crippen LogP contribution in [0.3, 0.4) is 0 Å². The molecular weight excluding hydrogens is 208 g/mol. The van der Waals surface area contributed by atoms with E-state index in [4.69, 9.17) is 11.5 Å². The fraction of sp³-hybridized carbons (Fsp3) is 0.545. The van der Waals surface area contributed by atoms with E-state index in [1.807, 2.05) is 0 Å². The lowest BCUT2D eigenvalue weighted by molar-refractivity contribution is 0.1000. The molecule has 0 bridgehead atoms. The summed E-state index contributed by atoms with van der Waals surface area (Å²) in [6.45, 7) is 2.15. The highest BCUT2D eigenvalue weighted by molar-refractivity contribution is 7.16. The summed E-state index contributed by atoms with van der Waals surface area (Å²) < 4.78 is 0. The third kappa shape index (κ3) is 1.63. The van der Waals surface area contributed by atoms with Crippen LogP contribution in [-0.2, 0) is 6.42 Å². The van der Waals surface area contributed by atoms with Crippen LogP contribution in [0.15, 0.2) is 0 Å². The van der Waals surface area contributed by atoms with Gasteiger partial charge in [-0.1, -0.05) is 6.92 Å². The van der Waals surface area contributed by atoms with Gasteiger partial charge in [0.25, 0.3) is 5.91 Å². The summed E-state index contributed by atoms with van der Waals surface area (Å²) in [6.07, 6.45) is 4.46. The smallest absolute Gasteiger partial charge is 0.251 e. The van der Waals surface area contributed by atoms with Gasteiger partial charge in [-0.3, -0.25) is 4.79 Å². The fourth-order valence-electron chi connectivity index (χ4n) is 2.44. The van der Waals surface area contributed by atoms with Crippen molar-refractivity contribution >= 4 is 22.2 Å². The van der Waals surface area contributed by atoms with E-state index in [2.05, 4.69) is 6.92 Å². The molecule has 1 unspecified atom stereocenters. The number of carbonyl (C=O) groups excluding carboxylic acids is 1. The minimum Gasteiger partial charge on any atom is -0.390 e. The number of nitrogen functional groups attached to an aromatic ring is 1. The molecule has 1 aliphatic carbocycles. The van der Waals surface area contributed by atoms with Gasteiger partial charge in [0.15, 0.2) is 0 Å². The molecule has 0 saturated carbocycles.